The second-order valence-electron chi connectivity index (χ2n) is 25.5. The summed E-state index contributed by atoms with van der Waals surface area (Å²) in [7, 11) is 0. The Balaban J connectivity index is 8.42. The molecule has 0 aromatic carbocycles. The van der Waals surface area contributed by atoms with Gasteiger partial charge in [-0.05, 0) is 162 Å². The summed E-state index contributed by atoms with van der Waals surface area (Å²) >= 11 is 43.1. The van der Waals surface area contributed by atoms with E-state index in [-0.39, 0.29) is 252 Å². The van der Waals surface area contributed by atoms with Crippen molar-refractivity contribution in [2.24, 2.45) is 21.7 Å². The molecule has 0 spiro atoms. The van der Waals surface area contributed by atoms with Crippen molar-refractivity contribution >= 4 is 163 Å². The molecule has 716 valence electrons. The van der Waals surface area contributed by atoms with Crippen LogP contribution in [0, 0.1) is 21.7 Å². The van der Waals surface area contributed by atoms with Crippen molar-refractivity contribution in [3.63, 3.8) is 0 Å². The number of ether oxygens (including phenoxy) is 21. The Morgan fingerprint density at radius 3 is 0.528 bits per heavy atom. The van der Waals surface area contributed by atoms with Crippen molar-refractivity contribution in [3.8, 4) is 0 Å². The fourth-order valence-corrected chi connectivity index (χ4v) is 9.31. The molecule has 0 aliphatic heterocycles. The van der Waals surface area contributed by atoms with Gasteiger partial charge >= 0.3 is 23.9 Å². The molecule has 8 N–H and O–H groups in total. The van der Waals surface area contributed by atoms with Crippen LogP contribution in [0.1, 0.15) is 27.7 Å². The van der Waals surface area contributed by atoms with Gasteiger partial charge in [-0.1, -0.05) is 0 Å². The first kappa shape index (κ1) is 117. The van der Waals surface area contributed by atoms with Gasteiger partial charge in [-0.25, -0.2) is 0 Å². The first-order valence-electron chi connectivity index (χ1n) is 37.3. The van der Waals surface area contributed by atoms with Gasteiger partial charge < -0.3 is 142 Å². The van der Waals surface area contributed by atoms with E-state index in [1.165, 1.54) is 27.7 Å². The van der Waals surface area contributed by atoms with E-state index in [0.29, 0.717) is 0 Å². The van der Waals surface area contributed by atoms with Gasteiger partial charge in [0, 0.05) is 52.4 Å². The van der Waals surface area contributed by atoms with Crippen LogP contribution in [0.25, 0.3) is 0 Å². The lowest BCUT2D eigenvalue weighted by Gasteiger charge is -2.32. The average Bonchev–Trinajstić information content (AvgIpc) is 0.844. The van der Waals surface area contributed by atoms with Crippen LogP contribution in [0.15, 0.2) is 0 Å². The molecule has 0 aliphatic rings. The number of hydrogen-bond acceptors (Lipinski definition) is 41. The third-order valence-corrected chi connectivity index (χ3v) is 16.8. The van der Waals surface area contributed by atoms with Crippen LogP contribution >= 0.6 is 97.7 Å². The Bertz CT molecular complexity index is 2600. The molecular weight excluding hydrogens is 1840 g/mol. The van der Waals surface area contributed by atoms with E-state index in [1.54, 1.807) is 0 Å². The third-order valence-electron chi connectivity index (χ3n) is 14.7. The van der Waals surface area contributed by atoms with Gasteiger partial charge in [-0.2, -0.15) is 39.5 Å². The van der Waals surface area contributed by atoms with Crippen molar-refractivity contribution in [1.82, 2.24) is 42.5 Å². The zero-order valence-electron chi connectivity index (χ0n) is 68.0. The maximum absolute atomic E-state index is 15.1. The topological polar surface area (TPSA) is 432 Å². The van der Waals surface area contributed by atoms with Crippen LogP contribution in [-0.4, -0.2) is 368 Å². The summed E-state index contributed by atoms with van der Waals surface area (Å²) in [4.78, 5) is 88.0. The third kappa shape index (κ3) is 63.7. The number of nitrogens with one attached hydrogen (secondary N) is 8. The van der Waals surface area contributed by atoms with Crippen LogP contribution < -0.4 is 42.5 Å². The molecule has 0 aliphatic carbocycles. The number of rotatable bonds is 78. The smallest absolute Gasteiger partial charge is 0.319 e. The quantitative estimate of drug-likeness (QED) is 0.0142. The first-order valence-corrected chi connectivity index (χ1v) is 40.6. The number of carbonyl (C=O) groups is 4. The standard InChI is InChI=1S/C66H110F8N8O33S8/c1-63(41-98-55(116)75-5-13-87-21-29-106-67,42-99-56(117)76-6-14-88-22-30-107-68)51(83)96-39-49(114-53(85)65(3,45-102-59(120)79-9-17-91-25-33-110-71)46-103-60(121)80-10-18-92-26-34-111-72)37-95-38-50(115-54(86)66(4,47-104-61(122)81-11-19-93-27-35-112-73)48-105-62(123)82-12-20-94-28-36-113-74)40-97-52(84)64(2,43-100-57(118)77-7-15-89-23-31-108-69)44-101-58(119)78-8-16-90-24-32-109-70/h49-50H,5-48H2,1-4H3,(H,75,116)(H,76,117)(H,77,118)(H,78,119)(H,79,120)(H,80,121)(H,81,122)(H,82,123). The Kier molecular flexibility index (Phi) is 73.6. The van der Waals surface area contributed by atoms with Crippen molar-refractivity contribution in [3.05, 3.63) is 0 Å². The summed E-state index contributed by atoms with van der Waals surface area (Å²) in [5.74, 6) is -4.67. The highest BCUT2D eigenvalue weighted by atomic mass is 32.1. The highest BCUT2D eigenvalue weighted by molar-refractivity contribution is 7.81. The molecule has 0 radical (unpaired) electrons. The molecule has 57 heteroatoms. The lowest BCUT2D eigenvalue weighted by molar-refractivity contribution is -0.184. The zero-order valence-corrected chi connectivity index (χ0v) is 74.6. The highest BCUT2D eigenvalue weighted by Crippen LogP contribution is 2.27. The van der Waals surface area contributed by atoms with Gasteiger partial charge in [0.25, 0.3) is 41.4 Å². The fraction of sp³-hybridized carbons (Fsp3) is 0.818. The number of carbonyl (C=O) groups excluding carboxylic acids is 4. The van der Waals surface area contributed by atoms with Gasteiger partial charge in [-0.3, -0.25) is 19.2 Å². The predicted molar refractivity (Wildman–Crippen MR) is 440 cm³/mol. The second-order valence-corrected chi connectivity index (χ2v) is 28.4. The van der Waals surface area contributed by atoms with Crippen LogP contribution in [0.5, 0.6) is 0 Å². The minimum absolute atomic E-state index is 0.00563. The normalized spacial score (nSPS) is 11.9. The maximum atomic E-state index is 15.1. The molecule has 0 saturated heterocycles. The van der Waals surface area contributed by atoms with Gasteiger partial charge in [0.05, 0.1) is 119 Å². The number of hydrogen-bond donors (Lipinski definition) is 8. The lowest BCUT2D eigenvalue weighted by Crippen LogP contribution is -2.47. The number of thiocarbonyl (C=S) groups is 8. The second kappa shape index (κ2) is 77.3. The lowest BCUT2D eigenvalue weighted by atomic mass is 9.93. The minimum atomic E-state index is -1.99. The van der Waals surface area contributed by atoms with E-state index in [9.17, 15) is 45.8 Å². The van der Waals surface area contributed by atoms with Crippen LogP contribution in [-0.2, 0) is 158 Å². The molecule has 2 atom stereocenters. The Hall–Kier alpha value is -5.84. The minimum Gasteiger partial charge on any atom is -0.470 e. The summed E-state index contributed by atoms with van der Waals surface area (Å²) in [6.45, 7) is -7.42. The molecule has 0 saturated carbocycles. The molecule has 0 amide bonds. The molecule has 2 unspecified atom stereocenters. The van der Waals surface area contributed by atoms with Crippen LogP contribution in [0.2, 0.25) is 0 Å². The molecule has 0 bridgehead atoms. The molecule has 0 aromatic heterocycles. The van der Waals surface area contributed by atoms with Crippen molar-refractivity contribution in [2.45, 2.75) is 39.9 Å². The molecule has 123 heavy (non-hydrogen) atoms. The van der Waals surface area contributed by atoms with Gasteiger partial charge in [0.15, 0.2) is 12.2 Å². The van der Waals surface area contributed by atoms with Crippen molar-refractivity contribution in [1.29, 1.82) is 0 Å². The van der Waals surface area contributed by atoms with E-state index in [1.807, 2.05) is 0 Å². The molecular formula is C66H110F8N8O33S8. The highest BCUT2D eigenvalue weighted by Gasteiger charge is 2.44. The fourth-order valence-electron chi connectivity index (χ4n) is 8.02. The van der Waals surface area contributed by atoms with E-state index in [0.717, 1.165) is 0 Å². The van der Waals surface area contributed by atoms with E-state index in [2.05, 4.69) is 82.1 Å². The van der Waals surface area contributed by atoms with E-state index >= 15 is 9.59 Å². The number of halogens is 8. The molecule has 0 heterocycles. The van der Waals surface area contributed by atoms with E-state index < -0.39 is 137 Å². The Labute approximate surface area is 747 Å². The average molecular weight is 1950 g/mol. The molecule has 41 nitrogen and oxygen atoms in total. The zero-order chi connectivity index (χ0) is 91.4. The molecule has 0 rings (SSSR count). The summed E-state index contributed by atoms with van der Waals surface area (Å²) in [6.07, 6.45) is -3.54. The number of esters is 4. The summed E-state index contributed by atoms with van der Waals surface area (Å²) in [6, 6.07) is 0. The van der Waals surface area contributed by atoms with Crippen molar-refractivity contribution < 1.29 is 194 Å². The monoisotopic (exact) mass is 1950 g/mol. The SMILES string of the molecule is CC(COC(=S)NCCOCCOF)(COC(=S)NCCOCCOF)C(=O)OCC(COCC(COC(=O)C(C)(COC(=S)NCCOCCOF)COC(=S)NCCOCCOF)OC(=O)C(C)(COC(=S)NCCOCCOF)COC(=S)NCCOCCOF)OC(=O)C(C)(COC(=S)NCCOCCOF)COC(=S)NCCOCCOF. The van der Waals surface area contributed by atoms with Crippen LogP contribution in [0.3, 0.4) is 0 Å². The summed E-state index contributed by atoms with van der Waals surface area (Å²) in [5.41, 5.74) is -7.80. The van der Waals surface area contributed by atoms with Gasteiger partial charge in [0.1, 0.15) is 141 Å². The predicted octanol–water partition coefficient (Wildman–Crippen LogP) is 2.41. The van der Waals surface area contributed by atoms with Gasteiger partial charge in [-0.15, -0.1) is 0 Å². The Morgan fingerprint density at radius 2 is 0.374 bits per heavy atom. The maximum Gasteiger partial charge on any atom is 0.319 e. The van der Waals surface area contributed by atoms with Gasteiger partial charge in [0.2, 0.25) is 0 Å². The largest absolute Gasteiger partial charge is 0.470 e. The summed E-state index contributed by atoms with van der Waals surface area (Å²) in [5, 5.41) is 19.7. The molecule has 0 aromatic rings. The Morgan fingerprint density at radius 1 is 0.220 bits per heavy atom. The first-order chi connectivity index (χ1) is 59.2. The molecule has 0 fully saturated rings. The van der Waals surface area contributed by atoms with Crippen LogP contribution in [0.4, 0.5) is 36.2 Å². The van der Waals surface area contributed by atoms with E-state index in [4.69, 9.17) is 197 Å². The summed E-state index contributed by atoms with van der Waals surface area (Å²) < 4.78 is 217. The van der Waals surface area contributed by atoms with Crippen molar-refractivity contribution in [2.75, 3.05) is 290 Å².